The second kappa shape index (κ2) is 7.80. The zero-order valence-corrected chi connectivity index (χ0v) is 16.2. The lowest BCUT2D eigenvalue weighted by Crippen LogP contribution is -2.47. The summed E-state index contributed by atoms with van der Waals surface area (Å²) in [5.41, 5.74) is 3.31. The molecule has 2 atom stereocenters. The van der Waals surface area contributed by atoms with Crippen LogP contribution in [0.3, 0.4) is 0 Å². The Balaban J connectivity index is 1.39. The monoisotopic (exact) mass is 368 g/mol. The summed E-state index contributed by atoms with van der Waals surface area (Å²) < 4.78 is 5.32. The van der Waals surface area contributed by atoms with Gasteiger partial charge in [0.1, 0.15) is 5.76 Å². The van der Waals surface area contributed by atoms with Crippen molar-refractivity contribution in [2.45, 2.75) is 52.1 Å². The third-order valence-corrected chi connectivity index (χ3v) is 6.02. The molecule has 2 aromatic rings. The van der Waals surface area contributed by atoms with E-state index in [1.165, 1.54) is 12.0 Å². The zero-order chi connectivity index (χ0) is 18.8. The van der Waals surface area contributed by atoms with E-state index in [9.17, 15) is 4.79 Å². The third kappa shape index (κ3) is 4.05. The van der Waals surface area contributed by atoms with Crippen molar-refractivity contribution in [2.75, 3.05) is 19.6 Å². The molecule has 2 bridgehead atoms. The highest BCUT2D eigenvalue weighted by Gasteiger charge is 2.37. The van der Waals surface area contributed by atoms with Gasteiger partial charge in [0.2, 0.25) is 5.91 Å². The molecule has 27 heavy (non-hydrogen) atoms. The maximum Gasteiger partial charge on any atom is 0.223 e. The minimum Gasteiger partial charge on any atom is -0.361 e. The Morgan fingerprint density at radius 1 is 1.26 bits per heavy atom. The molecule has 1 amide bonds. The molecule has 0 radical (unpaired) electrons. The topological polar surface area (TPSA) is 62.5 Å². The number of aromatic nitrogens is 2. The maximum absolute atomic E-state index is 12.9. The minimum atomic E-state index is 0.285. The largest absolute Gasteiger partial charge is 0.361 e. The SMILES string of the molecule is Cc1noc(C)c1CN1C[C@@H]2CC[C@H](C1)N(C(=O)CCc1cccnc1)C2. The van der Waals surface area contributed by atoms with Crippen molar-refractivity contribution < 1.29 is 9.32 Å². The van der Waals surface area contributed by atoms with E-state index in [0.717, 1.165) is 56.0 Å². The normalized spacial score (nSPS) is 22.8. The highest BCUT2D eigenvalue weighted by molar-refractivity contribution is 5.77. The molecule has 0 spiro atoms. The third-order valence-electron chi connectivity index (χ3n) is 6.02. The van der Waals surface area contributed by atoms with E-state index in [2.05, 4.69) is 19.9 Å². The number of piperidine rings is 1. The van der Waals surface area contributed by atoms with Crippen LogP contribution in [0.1, 0.15) is 41.8 Å². The molecule has 6 heteroatoms. The Kier molecular flexibility index (Phi) is 5.25. The Hall–Kier alpha value is -2.21. The van der Waals surface area contributed by atoms with Gasteiger partial charge in [-0.25, -0.2) is 0 Å². The number of carbonyl (C=O) groups excluding carboxylic acids is 1. The summed E-state index contributed by atoms with van der Waals surface area (Å²) in [6.45, 7) is 7.75. The molecule has 0 unspecified atom stereocenters. The van der Waals surface area contributed by atoms with Crippen molar-refractivity contribution in [1.29, 1.82) is 0 Å². The number of fused-ring (bicyclic) bond motifs is 4. The van der Waals surface area contributed by atoms with E-state index in [0.29, 0.717) is 18.4 Å². The number of hydrogen-bond acceptors (Lipinski definition) is 5. The molecular formula is C21H28N4O2. The summed E-state index contributed by atoms with van der Waals surface area (Å²) in [7, 11) is 0. The Morgan fingerprint density at radius 3 is 2.89 bits per heavy atom. The van der Waals surface area contributed by atoms with Gasteiger partial charge in [-0.05, 0) is 50.7 Å². The molecule has 0 saturated carbocycles. The average Bonchev–Trinajstić information content (AvgIpc) is 2.86. The second-order valence-electron chi connectivity index (χ2n) is 8.00. The first-order valence-electron chi connectivity index (χ1n) is 9.92. The molecular weight excluding hydrogens is 340 g/mol. The molecule has 3 fully saturated rings. The summed E-state index contributed by atoms with van der Waals surface area (Å²) in [5, 5.41) is 4.08. The first kappa shape index (κ1) is 18.2. The van der Waals surface area contributed by atoms with E-state index in [4.69, 9.17) is 4.52 Å². The second-order valence-corrected chi connectivity index (χ2v) is 8.00. The summed E-state index contributed by atoms with van der Waals surface area (Å²) >= 11 is 0. The first-order chi connectivity index (χ1) is 13.1. The molecule has 0 aromatic carbocycles. The average molecular weight is 368 g/mol. The fourth-order valence-corrected chi connectivity index (χ4v) is 4.51. The predicted octanol–water partition coefficient (Wildman–Crippen LogP) is 2.74. The lowest BCUT2D eigenvalue weighted by molar-refractivity contribution is -0.135. The molecule has 5 heterocycles. The first-order valence-corrected chi connectivity index (χ1v) is 9.92. The molecule has 0 N–H and O–H groups in total. The van der Waals surface area contributed by atoms with Gasteiger partial charge >= 0.3 is 0 Å². The van der Waals surface area contributed by atoms with Crippen molar-refractivity contribution in [2.24, 2.45) is 5.92 Å². The lowest BCUT2D eigenvalue weighted by atomic mass is 9.94. The summed E-state index contributed by atoms with van der Waals surface area (Å²) in [6.07, 6.45) is 7.29. The quantitative estimate of drug-likeness (QED) is 0.812. The molecule has 0 aliphatic carbocycles. The van der Waals surface area contributed by atoms with Crippen molar-refractivity contribution in [1.82, 2.24) is 19.9 Å². The number of carbonyl (C=O) groups is 1. The van der Waals surface area contributed by atoms with Crippen molar-refractivity contribution in [3.05, 3.63) is 47.1 Å². The van der Waals surface area contributed by atoms with Crippen LogP contribution in [0.2, 0.25) is 0 Å². The van der Waals surface area contributed by atoms with Crippen LogP contribution in [-0.4, -0.2) is 51.5 Å². The Morgan fingerprint density at radius 2 is 2.15 bits per heavy atom. The number of amides is 1. The van der Waals surface area contributed by atoms with Gasteiger partial charge < -0.3 is 9.42 Å². The van der Waals surface area contributed by atoms with E-state index in [1.807, 2.05) is 32.2 Å². The van der Waals surface area contributed by atoms with E-state index >= 15 is 0 Å². The molecule has 3 saturated heterocycles. The minimum absolute atomic E-state index is 0.285. The van der Waals surface area contributed by atoms with Crippen molar-refractivity contribution in [3.63, 3.8) is 0 Å². The number of pyridine rings is 1. The molecule has 3 aliphatic heterocycles. The van der Waals surface area contributed by atoms with Crippen LogP contribution in [0.25, 0.3) is 0 Å². The van der Waals surface area contributed by atoms with Crippen LogP contribution in [0, 0.1) is 19.8 Å². The van der Waals surface area contributed by atoms with Gasteiger partial charge in [-0.15, -0.1) is 0 Å². The van der Waals surface area contributed by atoms with Gasteiger partial charge in [0, 0.05) is 56.6 Å². The fourth-order valence-electron chi connectivity index (χ4n) is 4.51. The highest BCUT2D eigenvalue weighted by atomic mass is 16.5. The standard InChI is InChI=1S/C21H28N4O2/c1-15-20(16(2)27-23-15)14-24-11-18-5-7-19(13-24)25(12-18)21(26)8-6-17-4-3-9-22-10-17/h3-4,9-10,18-19H,5-8,11-14H2,1-2H3/t18-,19+/m0/s1. The number of aryl methyl sites for hydroxylation is 3. The number of hydrogen-bond donors (Lipinski definition) is 0. The summed E-state index contributed by atoms with van der Waals surface area (Å²) in [4.78, 5) is 21.7. The van der Waals surface area contributed by atoms with E-state index < -0.39 is 0 Å². The fraction of sp³-hybridized carbons (Fsp3) is 0.571. The van der Waals surface area contributed by atoms with E-state index in [-0.39, 0.29) is 5.91 Å². The molecule has 3 aliphatic rings. The number of nitrogens with zero attached hydrogens (tertiary/aromatic N) is 4. The highest BCUT2D eigenvalue weighted by Crippen LogP contribution is 2.30. The van der Waals surface area contributed by atoms with Gasteiger partial charge in [0.05, 0.1) is 5.69 Å². The smallest absolute Gasteiger partial charge is 0.223 e. The van der Waals surface area contributed by atoms with Crippen LogP contribution in [0.15, 0.2) is 29.0 Å². The van der Waals surface area contributed by atoms with Gasteiger partial charge in [0.25, 0.3) is 0 Å². The Bertz CT molecular complexity index is 769. The van der Waals surface area contributed by atoms with Crippen molar-refractivity contribution in [3.8, 4) is 0 Å². The molecule has 6 nitrogen and oxygen atoms in total. The van der Waals surface area contributed by atoms with Gasteiger partial charge in [-0.3, -0.25) is 14.7 Å². The van der Waals surface area contributed by atoms with Crippen LogP contribution in [0.4, 0.5) is 0 Å². The van der Waals surface area contributed by atoms with Gasteiger partial charge in [-0.1, -0.05) is 11.2 Å². The van der Waals surface area contributed by atoms with E-state index in [1.54, 1.807) is 6.20 Å². The summed E-state index contributed by atoms with van der Waals surface area (Å²) in [6, 6.07) is 4.30. The molecule has 2 aromatic heterocycles. The maximum atomic E-state index is 12.9. The van der Waals surface area contributed by atoms with Gasteiger partial charge in [0.15, 0.2) is 0 Å². The lowest BCUT2D eigenvalue weighted by Gasteiger charge is -2.36. The van der Waals surface area contributed by atoms with Gasteiger partial charge in [-0.2, -0.15) is 0 Å². The van der Waals surface area contributed by atoms with Crippen molar-refractivity contribution >= 4 is 5.91 Å². The zero-order valence-electron chi connectivity index (χ0n) is 16.2. The number of rotatable bonds is 5. The van der Waals surface area contributed by atoms with Crippen LogP contribution < -0.4 is 0 Å². The Labute approximate surface area is 160 Å². The van der Waals surface area contributed by atoms with Crippen LogP contribution in [-0.2, 0) is 17.8 Å². The van der Waals surface area contributed by atoms with Crippen LogP contribution >= 0.6 is 0 Å². The molecule has 144 valence electrons. The predicted molar refractivity (Wildman–Crippen MR) is 102 cm³/mol. The molecule has 5 rings (SSSR count). The van der Waals surface area contributed by atoms with Crippen LogP contribution in [0.5, 0.6) is 0 Å². The summed E-state index contributed by atoms with van der Waals surface area (Å²) in [5.74, 6) is 1.76.